The van der Waals surface area contributed by atoms with E-state index in [9.17, 15) is 4.79 Å². The van der Waals surface area contributed by atoms with E-state index in [1.807, 2.05) is 12.1 Å². The number of hydrogen-bond acceptors (Lipinski definition) is 2. The molecular formula is C13H16O2. The number of esters is 1. The summed E-state index contributed by atoms with van der Waals surface area (Å²) in [5.74, 6) is 0.386. The van der Waals surface area contributed by atoms with Gasteiger partial charge in [0.25, 0.3) is 0 Å². The highest BCUT2D eigenvalue weighted by molar-refractivity contribution is 5.66. The van der Waals surface area contributed by atoms with Gasteiger partial charge >= 0.3 is 5.97 Å². The molecule has 0 amide bonds. The maximum Gasteiger partial charge on any atom is 0.303 e. The molecule has 0 saturated heterocycles. The predicted molar refractivity (Wildman–Crippen MR) is 58.6 cm³/mol. The van der Waals surface area contributed by atoms with E-state index in [0.29, 0.717) is 5.92 Å². The minimum atomic E-state index is -0.190. The van der Waals surface area contributed by atoms with Gasteiger partial charge in [-0.05, 0) is 29.9 Å². The first-order chi connectivity index (χ1) is 7.18. The van der Waals surface area contributed by atoms with Crippen molar-refractivity contribution in [3.63, 3.8) is 0 Å². The van der Waals surface area contributed by atoms with Crippen molar-refractivity contribution in [2.24, 2.45) is 0 Å². The van der Waals surface area contributed by atoms with Gasteiger partial charge in [-0.25, -0.2) is 0 Å². The molecule has 80 valence electrons. The SMILES string of the molecule is CC(=O)O[C@H]1CC[C@@H](C)c2ccccc21. The van der Waals surface area contributed by atoms with Crippen molar-refractivity contribution in [2.75, 3.05) is 0 Å². The predicted octanol–water partition coefficient (Wildman–Crippen LogP) is 3.19. The van der Waals surface area contributed by atoms with Gasteiger partial charge in [0.2, 0.25) is 0 Å². The van der Waals surface area contributed by atoms with E-state index in [0.717, 1.165) is 12.8 Å². The molecule has 2 heteroatoms. The number of benzene rings is 1. The lowest BCUT2D eigenvalue weighted by molar-refractivity contribution is -0.147. The van der Waals surface area contributed by atoms with E-state index < -0.39 is 0 Å². The fraction of sp³-hybridized carbons (Fsp3) is 0.462. The second-order valence-corrected chi connectivity index (χ2v) is 4.21. The molecule has 0 saturated carbocycles. The van der Waals surface area contributed by atoms with Gasteiger partial charge in [0.15, 0.2) is 0 Å². The zero-order valence-corrected chi connectivity index (χ0v) is 9.19. The van der Waals surface area contributed by atoms with Gasteiger partial charge in [-0.2, -0.15) is 0 Å². The average molecular weight is 204 g/mol. The van der Waals surface area contributed by atoms with Crippen LogP contribution in [0.4, 0.5) is 0 Å². The molecule has 0 radical (unpaired) electrons. The molecule has 0 aromatic heterocycles. The van der Waals surface area contributed by atoms with Crippen LogP contribution in [0.3, 0.4) is 0 Å². The van der Waals surface area contributed by atoms with Gasteiger partial charge in [-0.3, -0.25) is 4.79 Å². The first-order valence-corrected chi connectivity index (χ1v) is 5.44. The van der Waals surface area contributed by atoms with Crippen molar-refractivity contribution in [2.45, 2.75) is 38.7 Å². The molecule has 2 rings (SSSR count). The van der Waals surface area contributed by atoms with Crippen molar-refractivity contribution in [3.05, 3.63) is 35.4 Å². The Morgan fingerprint density at radius 1 is 1.27 bits per heavy atom. The van der Waals surface area contributed by atoms with Gasteiger partial charge in [0, 0.05) is 6.92 Å². The first kappa shape index (κ1) is 10.2. The normalized spacial score (nSPS) is 24.4. The van der Waals surface area contributed by atoms with Crippen molar-refractivity contribution < 1.29 is 9.53 Å². The molecule has 2 atom stereocenters. The van der Waals surface area contributed by atoms with Gasteiger partial charge in [-0.1, -0.05) is 31.2 Å². The average Bonchev–Trinajstić information content (AvgIpc) is 2.22. The largest absolute Gasteiger partial charge is 0.458 e. The lowest BCUT2D eigenvalue weighted by Gasteiger charge is -2.29. The lowest BCUT2D eigenvalue weighted by atomic mass is 9.82. The lowest BCUT2D eigenvalue weighted by Crippen LogP contribution is -2.17. The highest BCUT2D eigenvalue weighted by Gasteiger charge is 2.25. The van der Waals surface area contributed by atoms with E-state index in [-0.39, 0.29) is 12.1 Å². The molecule has 1 aliphatic carbocycles. The molecule has 0 bridgehead atoms. The summed E-state index contributed by atoms with van der Waals surface area (Å²) in [4.78, 5) is 11.0. The number of carbonyl (C=O) groups excluding carboxylic acids is 1. The van der Waals surface area contributed by atoms with E-state index in [1.165, 1.54) is 18.1 Å². The van der Waals surface area contributed by atoms with Crippen molar-refractivity contribution >= 4 is 5.97 Å². The molecule has 0 fully saturated rings. The van der Waals surface area contributed by atoms with Crippen LogP contribution in [0.1, 0.15) is 49.8 Å². The standard InChI is InChI=1S/C13H16O2/c1-9-7-8-13(15-10(2)14)12-6-4-3-5-11(9)12/h3-6,9,13H,7-8H2,1-2H3/t9-,13+/m1/s1. The molecular weight excluding hydrogens is 188 g/mol. The third kappa shape index (κ3) is 2.04. The summed E-state index contributed by atoms with van der Waals surface area (Å²) in [7, 11) is 0. The van der Waals surface area contributed by atoms with E-state index in [2.05, 4.69) is 19.1 Å². The van der Waals surface area contributed by atoms with E-state index >= 15 is 0 Å². The van der Waals surface area contributed by atoms with E-state index in [4.69, 9.17) is 4.74 Å². The number of carbonyl (C=O) groups is 1. The fourth-order valence-electron chi connectivity index (χ4n) is 2.29. The van der Waals surface area contributed by atoms with Crippen LogP contribution in [-0.2, 0) is 9.53 Å². The monoisotopic (exact) mass is 204 g/mol. The number of ether oxygens (including phenoxy) is 1. The summed E-state index contributed by atoms with van der Waals surface area (Å²) in [5.41, 5.74) is 2.52. The zero-order valence-electron chi connectivity index (χ0n) is 9.19. The first-order valence-electron chi connectivity index (χ1n) is 5.44. The highest BCUT2D eigenvalue weighted by atomic mass is 16.5. The second kappa shape index (κ2) is 4.05. The van der Waals surface area contributed by atoms with Gasteiger partial charge in [0.05, 0.1) is 0 Å². The molecule has 0 unspecified atom stereocenters. The number of rotatable bonds is 1. The van der Waals surface area contributed by atoms with Crippen LogP contribution in [0.15, 0.2) is 24.3 Å². The minimum absolute atomic E-state index is 0.0325. The van der Waals surface area contributed by atoms with Crippen LogP contribution >= 0.6 is 0 Å². The zero-order chi connectivity index (χ0) is 10.8. The van der Waals surface area contributed by atoms with Gasteiger partial charge < -0.3 is 4.74 Å². The number of hydrogen-bond donors (Lipinski definition) is 0. The molecule has 0 N–H and O–H groups in total. The molecule has 15 heavy (non-hydrogen) atoms. The van der Waals surface area contributed by atoms with Crippen LogP contribution in [0, 0.1) is 0 Å². The summed E-state index contributed by atoms with van der Waals surface area (Å²) in [6.07, 6.45) is 2.00. The Morgan fingerprint density at radius 2 is 1.93 bits per heavy atom. The highest BCUT2D eigenvalue weighted by Crippen LogP contribution is 2.38. The smallest absolute Gasteiger partial charge is 0.303 e. The van der Waals surface area contributed by atoms with Crippen LogP contribution < -0.4 is 0 Å². The minimum Gasteiger partial charge on any atom is -0.458 e. The molecule has 0 spiro atoms. The summed E-state index contributed by atoms with van der Waals surface area (Å²) in [6, 6.07) is 8.26. The third-order valence-corrected chi connectivity index (χ3v) is 3.04. The summed E-state index contributed by atoms with van der Waals surface area (Å²) in [6.45, 7) is 3.70. The van der Waals surface area contributed by atoms with Crippen molar-refractivity contribution in [3.8, 4) is 0 Å². The quantitative estimate of drug-likeness (QED) is 0.657. The maximum atomic E-state index is 11.0. The topological polar surface area (TPSA) is 26.3 Å². The van der Waals surface area contributed by atoms with Gasteiger partial charge in [-0.15, -0.1) is 0 Å². The van der Waals surface area contributed by atoms with Gasteiger partial charge in [0.1, 0.15) is 6.10 Å². The number of fused-ring (bicyclic) bond motifs is 1. The molecule has 1 aliphatic rings. The summed E-state index contributed by atoms with van der Waals surface area (Å²) >= 11 is 0. The van der Waals surface area contributed by atoms with Crippen LogP contribution in [0.5, 0.6) is 0 Å². The Labute approximate surface area is 90.3 Å². The van der Waals surface area contributed by atoms with Crippen molar-refractivity contribution in [1.82, 2.24) is 0 Å². The Kier molecular flexibility index (Phi) is 2.76. The van der Waals surface area contributed by atoms with Crippen LogP contribution in [0.25, 0.3) is 0 Å². The molecule has 0 heterocycles. The Morgan fingerprint density at radius 3 is 2.60 bits per heavy atom. The van der Waals surface area contributed by atoms with Crippen molar-refractivity contribution in [1.29, 1.82) is 0 Å². The molecule has 0 aliphatic heterocycles. The maximum absolute atomic E-state index is 11.0. The van der Waals surface area contributed by atoms with Crippen LogP contribution in [0.2, 0.25) is 0 Å². The summed E-state index contributed by atoms with van der Waals surface area (Å²) in [5, 5.41) is 0. The summed E-state index contributed by atoms with van der Waals surface area (Å²) < 4.78 is 5.33. The Hall–Kier alpha value is -1.31. The third-order valence-electron chi connectivity index (χ3n) is 3.04. The molecule has 2 nitrogen and oxygen atoms in total. The molecule has 1 aromatic carbocycles. The fourth-order valence-corrected chi connectivity index (χ4v) is 2.29. The van der Waals surface area contributed by atoms with Crippen LogP contribution in [-0.4, -0.2) is 5.97 Å². The van der Waals surface area contributed by atoms with E-state index in [1.54, 1.807) is 0 Å². The molecule has 1 aromatic rings. The Balaban J connectivity index is 2.31. The second-order valence-electron chi connectivity index (χ2n) is 4.21. The Bertz CT molecular complexity index is 371.